The lowest BCUT2D eigenvalue weighted by molar-refractivity contribution is -0.186. The molecule has 0 aliphatic heterocycles. The second-order valence-corrected chi connectivity index (χ2v) is 6.37. The van der Waals surface area contributed by atoms with E-state index in [0.29, 0.717) is 28.9 Å². The highest BCUT2D eigenvalue weighted by molar-refractivity contribution is 5.81. The van der Waals surface area contributed by atoms with Gasteiger partial charge >= 0.3 is 12.1 Å². The lowest BCUT2D eigenvalue weighted by atomic mass is 10.1. The van der Waals surface area contributed by atoms with E-state index in [4.69, 9.17) is 4.52 Å². The zero-order chi connectivity index (χ0) is 20.9. The number of carbonyl (C=O) groups excluding carboxylic acids is 1. The Bertz CT molecular complexity index is 940. The predicted molar refractivity (Wildman–Crippen MR) is 95.9 cm³/mol. The molecule has 152 valence electrons. The van der Waals surface area contributed by atoms with E-state index in [9.17, 15) is 22.4 Å². The van der Waals surface area contributed by atoms with Crippen LogP contribution in [-0.4, -0.2) is 33.7 Å². The van der Waals surface area contributed by atoms with Crippen molar-refractivity contribution in [2.75, 3.05) is 6.54 Å². The summed E-state index contributed by atoms with van der Waals surface area (Å²) in [5.74, 6) is -1.86. The fourth-order valence-electron chi connectivity index (χ4n) is 2.88. The molecule has 0 bridgehead atoms. The summed E-state index contributed by atoms with van der Waals surface area (Å²) in [5, 5.41) is 3.72. The number of pyridine rings is 1. The second kappa shape index (κ2) is 8.85. The molecule has 1 aromatic carbocycles. The largest absolute Gasteiger partial charge is 0.471 e. The summed E-state index contributed by atoms with van der Waals surface area (Å²) in [7, 11) is 0. The molecule has 5 nitrogen and oxygen atoms in total. The third kappa shape index (κ3) is 5.40. The number of amides is 1. The van der Waals surface area contributed by atoms with E-state index in [2.05, 4.69) is 10.1 Å². The highest BCUT2D eigenvalue weighted by atomic mass is 19.4. The number of carbonyl (C=O) groups is 1. The number of aryl methyl sites for hydroxylation is 1. The van der Waals surface area contributed by atoms with Crippen molar-refractivity contribution in [3.8, 4) is 11.3 Å². The molecule has 0 unspecified atom stereocenters. The molecule has 3 rings (SSSR count). The third-order valence-corrected chi connectivity index (χ3v) is 4.28. The van der Waals surface area contributed by atoms with Crippen molar-refractivity contribution in [2.24, 2.45) is 0 Å². The Morgan fingerprint density at radius 3 is 2.41 bits per heavy atom. The summed E-state index contributed by atoms with van der Waals surface area (Å²) in [5.41, 5.74) is 1.83. The molecule has 2 aromatic heterocycles. The Hall–Kier alpha value is -3.23. The van der Waals surface area contributed by atoms with Crippen molar-refractivity contribution in [2.45, 2.75) is 25.6 Å². The van der Waals surface area contributed by atoms with Gasteiger partial charge in [0.1, 0.15) is 5.82 Å². The average molecular weight is 407 g/mol. The van der Waals surface area contributed by atoms with Crippen molar-refractivity contribution in [1.82, 2.24) is 15.0 Å². The number of hydrogen-bond donors (Lipinski definition) is 0. The summed E-state index contributed by atoms with van der Waals surface area (Å²) < 4.78 is 57.2. The smallest absolute Gasteiger partial charge is 0.356 e. The summed E-state index contributed by atoms with van der Waals surface area (Å²) in [6.07, 6.45) is 0.0346. The number of alkyl halides is 3. The molecular weight excluding hydrogens is 390 g/mol. The standard InChI is InChI=1S/C20H17F4N3O2/c21-17-5-3-15(4-6-17)18-16(12-26-29-18)2-1-11-27(19(28)20(22,23)24)13-14-7-9-25-10-8-14/h3-10,12H,1-2,11,13H2. The number of rotatable bonds is 7. The second-order valence-electron chi connectivity index (χ2n) is 6.37. The maximum atomic E-state index is 13.1. The zero-order valence-corrected chi connectivity index (χ0v) is 15.2. The Labute approximate surface area is 164 Å². The van der Waals surface area contributed by atoms with Crippen molar-refractivity contribution in [1.29, 1.82) is 0 Å². The minimum atomic E-state index is -4.95. The molecule has 0 aliphatic carbocycles. The van der Waals surface area contributed by atoms with Crippen molar-refractivity contribution in [3.63, 3.8) is 0 Å². The molecule has 0 radical (unpaired) electrons. The van der Waals surface area contributed by atoms with E-state index in [0.717, 1.165) is 4.90 Å². The SMILES string of the molecule is O=C(N(CCCc1cnoc1-c1ccc(F)cc1)Cc1ccncc1)C(F)(F)F. The lowest BCUT2D eigenvalue weighted by Crippen LogP contribution is -2.41. The average Bonchev–Trinajstić information content (AvgIpc) is 3.16. The van der Waals surface area contributed by atoms with E-state index in [-0.39, 0.29) is 19.5 Å². The molecule has 2 heterocycles. The predicted octanol–water partition coefficient (Wildman–Crippen LogP) is 4.40. The molecule has 29 heavy (non-hydrogen) atoms. The van der Waals surface area contributed by atoms with Gasteiger partial charge in [0, 0.05) is 36.6 Å². The fourth-order valence-corrected chi connectivity index (χ4v) is 2.88. The van der Waals surface area contributed by atoms with Crippen molar-refractivity contribution >= 4 is 5.91 Å². The lowest BCUT2D eigenvalue weighted by Gasteiger charge is -2.23. The van der Waals surface area contributed by atoms with E-state index in [1.165, 1.54) is 42.9 Å². The topological polar surface area (TPSA) is 59.2 Å². The van der Waals surface area contributed by atoms with Crippen LogP contribution in [0.5, 0.6) is 0 Å². The van der Waals surface area contributed by atoms with Crippen LogP contribution in [0.15, 0.2) is 59.5 Å². The number of hydrogen-bond acceptors (Lipinski definition) is 4. The third-order valence-electron chi connectivity index (χ3n) is 4.28. The van der Waals surface area contributed by atoms with Gasteiger partial charge in [-0.25, -0.2) is 4.39 Å². The van der Waals surface area contributed by atoms with Crippen LogP contribution in [0.1, 0.15) is 17.5 Å². The van der Waals surface area contributed by atoms with Gasteiger partial charge in [0.05, 0.1) is 6.20 Å². The highest BCUT2D eigenvalue weighted by Crippen LogP contribution is 2.25. The van der Waals surface area contributed by atoms with Gasteiger partial charge in [-0.2, -0.15) is 13.2 Å². The van der Waals surface area contributed by atoms with Gasteiger partial charge in [-0.05, 0) is 54.8 Å². The van der Waals surface area contributed by atoms with Crippen LogP contribution in [0.3, 0.4) is 0 Å². The Morgan fingerprint density at radius 2 is 1.76 bits per heavy atom. The van der Waals surface area contributed by atoms with Gasteiger partial charge in [0.15, 0.2) is 5.76 Å². The molecule has 0 fully saturated rings. The Kier molecular flexibility index (Phi) is 6.26. The van der Waals surface area contributed by atoms with Crippen LogP contribution in [0.4, 0.5) is 17.6 Å². The quantitative estimate of drug-likeness (QED) is 0.545. The van der Waals surface area contributed by atoms with Gasteiger partial charge < -0.3 is 9.42 Å². The number of nitrogens with zero attached hydrogens (tertiary/aromatic N) is 3. The van der Waals surface area contributed by atoms with Gasteiger partial charge in [0.25, 0.3) is 0 Å². The monoisotopic (exact) mass is 407 g/mol. The highest BCUT2D eigenvalue weighted by Gasteiger charge is 2.42. The fraction of sp³-hybridized carbons (Fsp3) is 0.250. The number of halogens is 4. The number of benzene rings is 1. The first-order chi connectivity index (χ1) is 13.8. The maximum Gasteiger partial charge on any atom is 0.471 e. The van der Waals surface area contributed by atoms with Crippen LogP contribution in [-0.2, 0) is 17.8 Å². The minimum Gasteiger partial charge on any atom is -0.356 e. The molecule has 3 aromatic rings. The molecular formula is C20H17F4N3O2. The van der Waals surface area contributed by atoms with Crippen LogP contribution in [0, 0.1) is 5.82 Å². The Morgan fingerprint density at radius 1 is 1.07 bits per heavy atom. The summed E-state index contributed by atoms with van der Waals surface area (Å²) in [6, 6.07) is 8.73. The first-order valence-corrected chi connectivity index (χ1v) is 8.79. The first kappa shape index (κ1) is 20.5. The van der Waals surface area contributed by atoms with E-state index in [1.54, 1.807) is 12.1 Å². The van der Waals surface area contributed by atoms with Crippen molar-refractivity contribution in [3.05, 3.63) is 71.9 Å². The normalized spacial score (nSPS) is 11.4. The summed E-state index contributed by atoms with van der Waals surface area (Å²) >= 11 is 0. The van der Waals surface area contributed by atoms with E-state index < -0.39 is 17.9 Å². The molecule has 0 saturated carbocycles. The molecule has 9 heteroatoms. The Balaban J connectivity index is 1.68. The minimum absolute atomic E-state index is 0.102. The molecule has 0 aliphatic rings. The zero-order valence-electron chi connectivity index (χ0n) is 15.2. The molecule has 0 saturated heterocycles. The van der Waals surface area contributed by atoms with Gasteiger partial charge in [-0.3, -0.25) is 9.78 Å². The van der Waals surface area contributed by atoms with Crippen molar-refractivity contribution < 1.29 is 26.9 Å². The first-order valence-electron chi connectivity index (χ1n) is 8.79. The number of aromatic nitrogens is 2. The van der Waals surface area contributed by atoms with E-state index >= 15 is 0 Å². The van der Waals surface area contributed by atoms with Gasteiger partial charge in [-0.15, -0.1) is 0 Å². The van der Waals surface area contributed by atoms with Crippen LogP contribution >= 0.6 is 0 Å². The molecule has 0 atom stereocenters. The summed E-state index contributed by atoms with van der Waals surface area (Å²) in [4.78, 5) is 16.4. The van der Waals surface area contributed by atoms with Crippen LogP contribution in [0.25, 0.3) is 11.3 Å². The maximum absolute atomic E-state index is 13.1. The van der Waals surface area contributed by atoms with Gasteiger partial charge in [-0.1, -0.05) is 5.16 Å². The van der Waals surface area contributed by atoms with Crippen LogP contribution < -0.4 is 0 Å². The molecule has 1 amide bonds. The van der Waals surface area contributed by atoms with Gasteiger partial charge in [0.2, 0.25) is 0 Å². The van der Waals surface area contributed by atoms with Crippen LogP contribution in [0.2, 0.25) is 0 Å². The van der Waals surface area contributed by atoms with E-state index in [1.807, 2.05) is 0 Å². The summed E-state index contributed by atoms with van der Waals surface area (Å²) in [6.45, 7) is -0.274. The molecule has 0 N–H and O–H groups in total. The molecule has 0 spiro atoms.